The summed E-state index contributed by atoms with van der Waals surface area (Å²) in [4.78, 5) is 12.7. The maximum atomic E-state index is 11.0. The van der Waals surface area contributed by atoms with Crippen LogP contribution in [-0.2, 0) is 10.8 Å². The molecular formula is C11H17N7OS. The number of anilines is 2. The van der Waals surface area contributed by atoms with Crippen molar-refractivity contribution >= 4 is 22.7 Å². The van der Waals surface area contributed by atoms with Gasteiger partial charge in [-0.3, -0.25) is 4.21 Å². The third-order valence-electron chi connectivity index (χ3n) is 2.45. The maximum absolute atomic E-state index is 11.0. The second-order valence-electron chi connectivity index (χ2n) is 4.04. The molecule has 0 aromatic carbocycles. The smallest absolute Gasteiger partial charge is 0.257 e. The van der Waals surface area contributed by atoms with Crippen LogP contribution in [0.1, 0.15) is 6.42 Å². The van der Waals surface area contributed by atoms with Crippen LogP contribution < -0.4 is 10.6 Å². The lowest BCUT2D eigenvalue weighted by molar-refractivity contribution is 0.685. The molecule has 0 amide bonds. The van der Waals surface area contributed by atoms with E-state index in [0.717, 1.165) is 6.42 Å². The lowest BCUT2D eigenvalue weighted by atomic mass is 10.5. The van der Waals surface area contributed by atoms with E-state index in [-0.39, 0.29) is 0 Å². The third kappa shape index (κ3) is 3.98. The van der Waals surface area contributed by atoms with Crippen molar-refractivity contribution in [1.82, 2.24) is 24.7 Å². The molecule has 2 aromatic rings. The van der Waals surface area contributed by atoms with Crippen molar-refractivity contribution in [2.45, 2.75) is 6.42 Å². The Bertz CT molecular complexity index is 572. The van der Waals surface area contributed by atoms with E-state index in [0.29, 0.717) is 30.1 Å². The summed E-state index contributed by atoms with van der Waals surface area (Å²) in [5.41, 5.74) is 0. The van der Waals surface area contributed by atoms with Gasteiger partial charge >= 0.3 is 0 Å². The molecule has 2 heterocycles. The van der Waals surface area contributed by atoms with Gasteiger partial charge in [0.1, 0.15) is 0 Å². The Morgan fingerprint density at radius 2 is 2.10 bits per heavy atom. The molecule has 8 nitrogen and oxygen atoms in total. The zero-order valence-electron chi connectivity index (χ0n) is 11.4. The first-order valence-corrected chi connectivity index (χ1v) is 7.89. The molecule has 0 saturated heterocycles. The second-order valence-corrected chi connectivity index (χ2v) is 5.60. The summed E-state index contributed by atoms with van der Waals surface area (Å²) >= 11 is 0. The van der Waals surface area contributed by atoms with Crippen LogP contribution in [-0.4, -0.2) is 54.5 Å². The lowest BCUT2D eigenvalue weighted by Gasteiger charge is -2.08. The van der Waals surface area contributed by atoms with Crippen molar-refractivity contribution in [2.24, 2.45) is 0 Å². The fourth-order valence-corrected chi connectivity index (χ4v) is 2.07. The minimum absolute atomic E-state index is 0.441. The van der Waals surface area contributed by atoms with Crippen molar-refractivity contribution in [3.63, 3.8) is 0 Å². The van der Waals surface area contributed by atoms with E-state index in [9.17, 15) is 4.21 Å². The zero-order chi connectivity index (χ0) is 14.4. The van der Waals surface area contributed by atoms with Gasteiger partial charge in [0.15, 0.2) is 0 Å². The highest BCUT2D eigenvalue weighted by Gasteiger charge is 2.07. The normalized spacial score (nSPS) is 12.1. The summed E-state index contributed by atoms with van der Waals surface area (Å²) in [5.74, 6) is 2.03. The van der Waals surface area contributed by atoms with Crippen molar-refractivity contribution in [3.05, 3.63) is 18.5 Å². The van der Waals surface area contributed by atoms with Gasteiger partial charge in [0.2, 0.25) is 11.9 Å². The highest BCUT2D eigenvalue weighted by molar-refractivity contribution is 7.84. The molecule has 0 aliphatic rings. The molecule has 1 atom stereocenters. The van der Waals surface area contributed by atoms with Gasteiger partial charge in [0.25, 0.3) is 5.95 Å². The van der Waals surface area contributed by atoms with Gasteiger partial charge in [0, 0.05) is 48.8 Å². The number of nitrogens with one attached hydrogen (secondary N) is 2. The molecule has 9 heteroatoms. The van der Waals surface area contributed by atoms with Gasteiger partial charge in [-0.25, -0.2) is 4.68 Å². The summed E-state index contributed by atoms with van der Waals surface area (Å²) < 4.78 is 12.5. The molecule has 108 valence electrons. The lowest BCUT2D eigenvalue weighted by Crippen LogP contribution is -2.13. The largest absolute Gasteiger partial charge is 0.357 e. The minimum atomic E-state index is -0.778. The monoisotopic (exact) mass is 295 g/mol. The van der Waals surface area contributed by atoms with Crippen molar-refractivity contribution in [1.29, 1.82) is 0 Å². The Morgan fingerprint density at radius 1 is 1.30 bits per heavy atom. The molecule has 2 N–H and O–H groups in total. The molecule has 0 aliphatic carbocycles. The fourth-order valence-electron chi connectivity index (χ4n) is 1.52. The van der Waals surface area contributed by atoms with Crippen LogP contribution in [0.4, 0.5) is 11.9 Å². The summed E-state index contributed by atoms with van der Waals surface area (Å²) in [6.07, 6.45) is 5.91. The van der Waals surface area contributed by atoms with E-state index in [1.165, 1.54) is 0 Å². The van der Waals surface area contributed by atoms with E-state index in [4.69, 9.17) is 0 Å². The molecule has 2 rings (SSSR count). The number of aromatic nitrogens is 5. The molecule has 2 aromatic heterocycles. The Morgan fingerprint density at radius 3 is 2.75 bits per heavy atom. The Labute approximate surface area is 119 Å². The quantitative estimate of drug-likeness (QED) is 0.708. The molecule has 0 saturated carbocycles. The maximum Gasteiger partial charge on any atom is 0.257 e. The van der Waals surface area contributed by atoms with Crippen molar-refractivity contribution in [2.75, 3.05) is 36.2 Å². The first kappa shape index (κ1) is 14.4. The SMILES string of the molecule is CNc1nc(NCCCS(C)=O)nc(-n2cccn2)n1. The van der Waals surface area contributed by atoms with Crippen molar-refractivity contribution in [3.8, 4) is 5.95 Å². The van der Waals surface area contributed by atoms with Gasteiger partial charge in [-0.05, 0) is 12.5 Å². The van der Waals surface area contributed by atoms with Crippen LogP contribution in [0.2, 0.25) is 0 Å². The predicted molar refractivity (Wildman–Crippen MR) is 78.5 cm³/mol. The topological polar surface area (TPSA) is 97.6 Å². The minimum Gasteiger partial charge on any atom is -0.357 e. The third-order valence-corrected chi connectivity index (χ3v) is 3.31. The fraction of sp³-hybridized carbons (Fsp3) is 0.455. The molecule has 0 spiro atoms. The second kappa shape index (κ2) is 6.94. The average Bonchev–Trinajstić information content (AvgIpc) is 2.97. The summed E-state index contributed by atoms with van der Waals surface area (Å²) in [5, 5.41) is 10.1. The average molecular weight is 295 g/mol. The van der Waals surface area contributed by atoms with Crippen LogP contribution >= 0.6 is 0 Å². The van der Waals surface area contributed by atoms with E-state index in [1.54, 1.807) is 36.4 Å². The Kier molecular flexibility index (Phi) is 4.99. The van der Waals surface area contributed by atoms with Crippen LogP contribution in [0.25, 0.3) is 5.95 Å². The van der Waals surface area contributed by atoms with Crippen LogP contribution in [0.3, 0.4) is 0 Å². The number of rotatable bonds is 7. The van der Waals surface area contributed by atoms with Gasteiger partial charge in [-0.15, -0.1) is 0 Å². The Hall–Kier alpha value is -2.03. The number of hydrogen-bond acceptors (Lipinski definition) is 7. The molecular weight excluding hydrogens is 278 g/mol. The molecule has 1 unspecified atom stereocenters. The highest BCUT2D eigenvalue weighted by atomic mass is 32.2. The molecule has 20 heavy (non-hydrogen) atoms. The zero-order valence-corrected chi connectivity index (χ0v) is 12.2. The van der Waals surface area contributed by atoms with Crippen LogP contribution in [0.15, 0.2) is 18.5 Å². The predicted octanol–water partition coefficient (Wildman–Crippen LogP) is 0.279. The van der Waals surface area contributed by atoms with E-state index >= 15 is 0 Å². The highest BCUT2D eigenvalue weighted by Crippen LogP contribution is 2.08. The summed E-state index contributed by atoms with van der Waals surface area (Å²) in [6, 6.07) is 1.80. The van der Waals surface area contributed by atoms with E-state index < -0.39 is 10.8 Å². The van der Waals surface area contributed by atoms with Gasteiger partial charge in [-0.2, -0.15) is 20.1 Å². The molecule has 0 radical (unpaired) electrons. The summed E-state index contributed by atoms with van der Waals surface area (Å²) in [6.45, 7) is 0.658. The first-order valence-electron chi connectivity index (χ1n) is 6.17. The molecule has 0 fully saturated rings. The van der Waals surface area contributed by atoms with Gasteiger partial charge in [-0.1, -0.05) is 0 Å². The van der Waals surface area contributed by atoms with Crippen LogP contribution in [0.5, 0.6) is 0 Å². The number of hydrogen-bond donors (Lipinski definition) is 2. The summed E-state index contributed by atoms with van der Waals surface area (Å²) in [7, 11) is 0.965. The van der Waals surface area contributed by atoms with Crippen LogP contribution in [0, 0.1) is 0 Å². The molecule has 0 bridgehead atoms. The Balaban J connectivity index is 2.08. The number of nitrogens with zero attached hydrogens (tertiary/aromatic N) is 5. The van der Waals surface area contributed by atoms with Gasteiger partial charge < -0.3 is 10.6 Å². The van der Waals surface area contributed by atoms with E-state index in [2.05, 4.69) is 30.7 Å². The van der Waals surface area contributed by atoms with E-state index in [1.807, 2.05) is 0 Å². The molecule has 0 aliphatic heterocycles. The first-order chi connectivity index (χ1) is 9.69. The van der Waals surface area contributed by atoms with Crippen molar-refractivity contribution < 1.29 is 4.21 Å². The standard InChI is InChI=1S/C11H17N7OS/c1-12-9-15-10(13-5-4-8-20(2)19)17-11(16-9)18-7-3-6-14-18/h3,6-7H,4-5,8H2,1-2H3,(H2,12,13,15,16,17). The van der Waals surface area contributed by atoms with Gasteiger partial charge in [0.05, 0.1) is 0 Å².